The van der Waals surface area contributed by atoms with Crippen molar-refractivity contribution in [2.75, 3.05) is 20.1 Å². The first kappa shape index (κ1) is 19.7. The first-order valence-electron chi connectivity index (χ1n) is 7.54. The van der Waals surface area contributed by atoms with Crippen molar-refractivity contribution in [2.45, 2.75) is 11.3 Å². The van der Waals surface area contributed by atoms with E-state index in [4.69, 9.17) is 23.2 Å². The molecule has 0 unspecified atom stereocenters. The molecule has 0 heterocycles. The molecule has 2 aromatic carbocycles. The van der Waals surface area contributed by atoms with Gasteiger partial charge in [0, 0.05) is 18.6 Å². The van der Waals surface area contributed by atoms with E-state index in [-0.39, 0.29) is 28.0 Å². The van der Waals surface area contributed by atoms with Crippen molar-refractivity contribution in [3.8, 4) is 0 Å². The molecule has 2 rings (SSSR count). The molecule has 1 amide bonds. The van der Waals surface area contributed by atoms with Crippen LogP contribution < -0.4 is 5.32 Å². The SMILES string of the molecule is CNC(=O)CN(CCc1ccccc1)S(=O)(=O)c1cc(Cl)ccc1Cl. The summed E-state index contributed by atoms with van der Waals surface area (Å²) in [6.07, 6.45) is 0.468. The molecule has 5 nitrogen and oxygen atoms in total. The van der Waals surface area contributed by atoms with Gasteiger partial charge in [0.05, 0.1) is 11.6 Å². The number of likely N-dealkylation sites (N-methyl/N-ethyl adjacent to an activating group) is 1. The van der Waals surface area contributed by atoms with E-state index >= 15 is 0 Å². The zero-order valence-corrected chi connectivity index (χ0v) is 15.9. The predicted molar refractivity (Wildman–Crippen MR) is 99.4 cm³/mol. The summed E-state index contributed by atoms with van der Waals surface area (Å²) in [5, 5.41) is 2.76. The Hall–Kier alpha value is -1.60. The van der Waals surface area contributed by atoms with Crippen molar-refractivity contribution >= 4 is 39.1 Å². The molecule has 0 spiro atoms. The lowest BCUT2D eigenvalue weighted by Gasteiger charge is -2.22. The van der Waals surface area contributed by atoms with Crippen molar-refractivity contribution < 1.29 is 13.2 Å². The van der Waals surface area contributed by atoms with E-state index in [2.05, 4.69) is 5.32 Å². The Balaban J connectivity index is 2.32. The van der Waals surface area contributed by atoms with Crippen LogP contribution in [0.3, 0.4) is 0 Å². The number of nitrogens with zero attached hydrogens (tertiary/aromatic N) is 1. The Morgan fingerprint density at radius 2 is 1.80 bits per heavy atom. The fourth-order valence-electron chi connectivity index (χ4n) is 2.24. The molecule has 0 aliphatic heterocycles. The number of halogens is 2. The Bertz CT molecular complexity index is 842. The summed E-state index contributed by atoms with van der Waals surface area (Å²) in [6.45, 7) is -0.156. The topological polar surface area (TPSA) is 66.5 Å². The van der Waals surface area contributed by atoms with Gasteiger partial charge in [0.15, 0.2) is 0 Å². The number of sulfonamides is 1. The normalized spacial score (nSPS) is 11.5. The molecule has 0 bridgehead atoms. The largest absolute Gasteiger partial charge is 0.358 e. The summed E-state index contributed by atoms with van der Waals surface area (Å²) < 4.78 is 27.1. The van der Waals surface area contributed by atoms with E-state index in [1.807, 2.05) is 30.3 Å². The number of rotatable bonds is 7. The van der Waals surface area contributed by atoms with Crippen molar-refractivity contribution in [3.05, 3.63) is 64.1 Å². The molecule has 0 fully saturated rings. The second-order valence-corrected chi connectivity index (χ2v) is 8.07. The van der Waals surface area contributed by atoms with Gasteiger partial charge in [-0.05, 0) is 30.2 Å². The average molecular weight is 401 g/mol. The summed E-state index contributed by atoms with van der Waals surface area (Å²) in [5.74, 6) is -0.408. The quantitative estimate of drug-likeness (QED) is 0.776. The van der Waals surface area contributed by atoms with Gasteiger partial charge in [-0.1, -0.05) is 53.5 Å². The van der Waals surface area contributed by atoms with Crippen LogP contribution in [0.15, 0.2) is 53.4 Å². The van der Waals surface area contributed by atoms with E-state index in [0.29, 0.717) is 6.42 Å². The molecule has 0 aromatic heterocycles. The van der Waals surface area contributed by atoms with E-state index in [0.717, 1.165) is 9.87 Å². The van der Waals surface area contributed by atoms with E-state index in [9.17, 15) is 13.2 Å². The molecule has 8 heteroatoms. The monoisotopic (exact) mass is 400 g/mol. The molecule has 25 heavy (non-hydrogen) atoms. The number of amides is 1. The molecule has 0 saturated carbocycles. The van der Waals surface area contributed by atoms with Gasteiger partial charge >= 0.3 is 0 Å². The Kier molecular flexibility index (Phi) is 6.84. The second kappa shape index (κ2) is 8.67. The van der Waals surface area contributed by atoms with Crippen molar-refractivity contribution in [2.24, 2.45) is 0 Å². The van der Waals surface area contributed by atoms with E-state index in [1.165, 1.54) is 25.2 Å². The first-order valence-corrected chi connectivity index (χ1v) is 9.74. The molecular formula is C17H18Cl2N2O3S. The number of hydrogen-bond donors (Lipinski definition) is 1. The van der Waals surface area contributed by atoms with Gasteiger partial charge in [-0.2, -0.15) is 4.31 Å². The van der Waals surface area contributed by atoms with Gasteiger partial charge in [0.25, 0.3) is 0 Å². The highest BCUT2D eigenvalue weighted by Crippen LogP contribution is 2.27. The Morgan fingerprint density at radius 1 is 1.12 bits per heavy atom. The minimum atomic E-state index is -3.97. The lowest BCUT2D eigenvalue weighted by molar-refractivity contribution is -0.120. The van der Waals surface area contributed by atoms with Crippen LogP contribution in [-0.2, 0) is 21.2 Å². The van der Waals surface area contributed by atoms with Crippen LogP contribution in [0.1, 0.15) is 5.56 Å². The Morgan fingerprint density at radius 3 is 2.44 bits per heavy atom. The fraction of sp³-hybridized carbons (Fsp3) is 0.235. The minimum Gasteiger partial charge on any atom is -0.358 e. The number of carbonyl (C=O) groups is 1. The van der Waals surface area contributed by atoms with Crippen molar-refractivity contribution in [1.82, 2.24) is 9.62 Å². The third-order valence-electron chi connectivity index (χ3n) is 3.60. The maximum absolute atomic E-state index is 13.0. The molecular weight excluding hydrogens is 383 g/mol. The van der Waals surface area contributed by atoms with Crippen LogP contribution in [0, 0.1) is 0 Å². The molecule has 0 radical (unpaired) electrons. The van der Waals surface area contributed by atoms with Crippen LogP contribution in [0.4, 0.5) is 0 Å². The molecule has 0 aliphatic rings. The van der Waals surface area contributed by atoms with E-state index in [1.54, 1.807) is 0 Å². The van der Waals surface area contributed by atoms with E-state index < -0.39 is 15.9 Å². The first-order chi connectivity index (χ1) is 11.8. The predicted octanol–water partition coefficient (Wildman–Crippen LogP) is 2.97. The molecule has 1 N–H and O–H groups in total. The molecule has 0 aliphatic carbocycles. The van der Waals surface area contributed by atoms with Crippen LogP contribution in [-0.4, -0.2) is 38.8 Å². The van der Waals surface area contributed by atoms with Crippen LogP contribution in [0.2, 0.25) is 10.0 Å². The highest BCUT2D eigenvalue weighted by Gasteiger charge is 2.28. The Labute approximate surface area is 157 Å². The maximum Gasteiger partial charge on any atom is 0.245 e. The van der Waals surface area contributed by atoms with Gasteiger partial charge in [-0.15, -0.1) is 0 Å². The number of nitrogens with one attached hydrogen (secondary N) is 1. The lowest BCUT2D eigenvalue weighted by atomic mass is 10.1. The van der Waals surface area contributed by atoms with Crippen molar-refractivity contribution in [1.29, 1.82) is 0 Å². The summed E-state index contributed by atoms with van der Waals surface area (Å²) in [4.78, 5) is 11.7. The lowest BCUT2D eigenvalue weighted by Crippen LogP contribution is -2.40. The fourth-order valence-corrected chi connectivity index (χ4v) is 4.37. The number of benzene rings is 2. The maximum atomic E-state index is 13.0. The van der Waals surface area contributed by atoms with Crippen LogP contribution in [0.25, 0.3) is 0 Å². The summed E-state index contributed by atoms with van der Waals surface area (Å²) in [7, 11) is -2.52. The van der Waals surface area contributed by atoms with Gasteiger partial charge in [0.1, 0.15) is 4.90 Å². The van der Waals surface area contributed by atoms with Gasteiger partial charge in [0.2, 0.25) is 15.9 Å². The third-order valence-corrected chi connectivity index (χ3v) is 6.16. The minimum absolute atomic E-state index is 0.0611. The zero-order chi connectivity index (χ0) is 18.4. The molecule has 2 aromatic rings. The van der Waals surface area contributed by atoms with Gasteiger partial charge in [-0.25, -0.2) is 8.42 Å². The highest BCUT2D eigenvalue weighted by atomic mass is 35.5. The zero-order valence-electron chi connectivity index (χ0n) is 13.6. The number of hydrogen-bond acceptors (Lipinski definition) is 3. The summed E-state index contributed by atoms with van der Waals surface area (Å²) in [6, 6.07) is 13.7. The highest BCUT2D eigenvalue weighted by molar-refractivity contribution is 7.89. The van der Waals surface area contributed by atoms with Crippen LogP contribution in [0.5, 0.6) is 0 Å². The van der Waals surface area contributed by atoms with Crippen LogP contribution >= 0.6 is 23.2 Å². The summed E-state index contributed by atoms with van der Waals surface area (Å²) in [5.41, 5.74) is 0.969. The van der Waals surface area contributed by atoms with Crippen molar-refractivity contribution in [3.63, 3.8) is 0 Å². The standard InChI is InChI=1S/C17H18Cl2N2O3S/c1-20-17(22)12-21(10-9-13-5-3-2-4-6-13)25(23,24)16-11-14(18)7-8-15(16)19/h2-8,11H,9-10,12H2,1H3,(H,20,22). The summed E-state index contributed by atoms with van der Waals surface area (Å²) >= 11 is 12.0. The van der Waals surface area contributed by atoms with Gasteiger partial charge < -0.3 is 5.32 Å². The molecule has 0 atom stereocenters. The third kappa shape index (κ3) is 5.19. The average Bonchev–Trinajstić information content (AvgIpc) is 2.61. The number of carbonyl (C=O) groups excluding carboxylic acids is 1. The van der Waals surface area contributed by atoms with Gasteiger partial charge in [-0.3, -0.25) is 4.79 Å². The smallest absolute Gasteiger partial charge is 0.245 e. The second-order valence-electron chi connectivity index (χ2n) is 5.32. The molecule has 0 saturated heterocycles. The molecule has 134 valence electrons.